The topological polar surface area (TPSA) is 72.5 Å². The molecular formula is C11H16FNO3Si. The van der Waals surface area contributed by atoms with Crippen molar-refractivity contribution in [3.8, 4) is 5.75 Å². The first-order chi connectivity index (χ1) is 7.70. The van der Waals surface area contributed by atoms with Crippen molar-refractivity contribution in [2.75, 3.05) is 0 Å². The summed E-state index contributed by atoms with van der Waals surface area (Å²) in [7, 11) is -1.80. The van der Waals surface area contributed by atoms with Crippen LogP contribution in [0.4, 0.5) is 4.39 Å². The first-order valence-electron chi connectivity index (χ1n) is 5.17. The maximum absolute atomic E-state index is 13.6. The molecule has 0 fully saturated rings. The van der Waals surface area contributed by atoms with E-state index in [0.29, 0.717) is 5.75 Å². The summed E-state index contributed by atoms with van der Waals surface area (Å²) in [5, 5.41) is 8.70. The van der Waals surface area contributed by atoms with E-state index in [1.165, 1.54) is 12.1 Å². The van der Waals surface area contributed by atoms with Gasteiger partial charge in [-0.15, -0.1) is 0 Å². The number of carbonyl (C=O) groups is 1. The summed E-state index contributed by atoms with van der Waals surface area (Å²) in [6.07, 6.45) is 0. The number of benzene rings is 1. The minimum atomic E-state index is -1.80. The molecule has 1 atom stereocenters. The van der Waals surface area contributed by atoms with E-state index >= 15 is 0 Å². The van der Waals surface area contributed by atoms with E-state index in [4.69, 9.17) is 15.3 Å². The molecule has 1 rings (SSSR count). The van der Waals surface area contributed by atoms with E-state index in [2.05, 4.69) is 0 Å². The zero-order valence-corrected chi connectivity index (χ0v) is 11.0. The maximum Gasteiger partial charge on any atom is 0.325 e. The van der Waals surface area contributed by atoms with Crippen LogP contribution in [0.1, 0.15) is 11.6 Å². The third kappa shape index (κ3) is 3.83. The van der Waals surface area contributed by atoms with Gasteiger partial charge in [0, 0.05) is 11.6 Å². The summed E-state index contributed by atoms with van der Waals surface area (Å²) < 4.78 is 19.2. The van der Waals surface area contributed by atoms with E-state index < -0.39 is 26.1 Å². The van der Waals surface area contributed by atoms with Gasteiger partial charge in [0.2, 0.25) is 8.32 Å². The van der Waals surface area contributed by atoms with Crippen LogP contribution >= 0.6 is 0 Å². The third-order valence-corrected chi connectivity index (χ3v) is 2.85. The Morgan fingerprint density at radius 2 is 2.06 bits per heavy atom. The molecule has 0 radical (unpaired) electrons. The Balaban J connectivity index is 2.98. The van der Waals surface area contributed by atoms with Crippen molar-refractivity contribution < 1.29 is 18.7 Å². The molecule has 1 aromatic carbocycles. The second-order valence-electron chi connectivity index (χ2n) is 4.71. The van der Waals surface area contributed by atoms with Crippen molar-refractivity contribution in [2.45, 2.75) is 25.7 Å². The van der Waals surface area contributed by atoms with Crippen LogP contribution in [0.5, 0.6) is 5.75 Å². The average Bonchev–Trinajstić information content (AvgIpc) is 2.14. The van der Waals surface area contributed by atoms with Crippen LogP contribution < -0.4 is 10.2 Å². The first-order valence-corrected chi connectivity index (χ1v) is 8.58. The number of nitrogens with two attached hydrogens (primary N) is 1. The highest BCUT2D eigenvalue weighted by Crippen LogP contribution is 2.23. The fourth-order valence-corrected chi connectivity index (χ4v) is 2.14. The van der Waals surface area contributed by atoms with Crippen molar-refractivity contribution in [3.05, 3.63) is 29.6 Å². The molecule has 0 aliphatic carbocycles. The summed E-state index contributed by atoms with van der Waals surface area (Å²) in [6.45, 7) is 5.92. The Morgan fingerprint density at radius 3 is 2.47 bits per heavy atom. The number of hydrogen-bond acceptors (Lipinski definition) is 3. The molecule has 0 aliphatic rings. The molecule has 0 saturated carbocycles. The molecule has 0 amide bonds. The Kier molecular flexibility index (Phi) is 3.89. The molecule has 0 spiro atoms. The highest BCUT2D eigenvalue weighted by Gasteiger charge is 2.21. The number of aliphatic carboxylic acids is 1. The molecule has 0 aliphatic heterocycles. The molecule has 17 heavy (non-hydrogen) atoms. The lowest BCUT2D eigenvalue weighted by Crippen LogP contribution is -2.29. The zero-order valence-electron chi connectivity index (χ0n) is 10.0. The average molecular weight is 257 g/mol. The molecule has 6 heteroatoms. The normalized spacial score (nSPS) is 13.2. The Morgan fingerprint density at radius 1 is 1.47 bits per heavy atom. The highest BCUT2D eigenvalue weighted by atomic mass is 28.4. The van der Waals surface area contributed by atoms with Crippen LogP contribution in [-0.2, 0) is 4.79 Å². The van der Waals surface area contributed by atoms with E-state index in [1.807, 2.05) is 19.6 Å². The number of rotatable bonds is 4. The van der Waals surface area contributed by atoms with Gasteiger partial charge in [-0.2, -0.15) is 0 Å². The monoisotopic (exact) mass is 257 g/mol. The first kappa shape index (κ1) is 13.7. The Hall–Kier alpha value is -1.40. The molecule has 94 valence electrons. The van der Waals surface area contributed by atoms with Crippen LogP contribution in [0.25, 0.3) is 0 Å². The quantitative estimate of drug-likeness (QED) is 0.810. The van der Waals surface area contributed by atoms with Gasteiger partial charge < -0.3 is 15.3 Å². The van der Waals surface area contributed by atoms with Gasteiger partial charge in [-0.25, -0.2) is 4.39 Å². The second kappa shape index (κ2) is 4.85. The number of carboxylic acid groups (broad SMARTS) is 1. The van der Waals surface area contributed by atoms with Crippen molar-refractivity contribution in [2.24, 2.45) is 5.73 Å². The number of hydrogen-bond donors (Lipinski definition) is 2. The molecule has 3 N–H and O–H groups in total. The highest BCUT2D eigenvalue weighted by molar-refractivity contribution is 6.70. The molecular weight excluding hydrogens is 241 g/mol. The van der Waals surface area contributed by atoms with Crippen LogP contribution in [0.3, 0.4) is 0 Å². The third-order valence-electron chi connectivity index (χ3n) is 2.00. The van der Waals surface area contributed by atoms with Gasteiger partial charge in [0.15, 0.2) is 0 Å². The van der Waals surface area contributed by atoms with Gasteiger partial charge >= 0.3 is 5.97 Å². The van der Waals surface area contributed by atoms with E-state index in [0.717, 1.165) is 0 Å². The molecule has 0 aromatic heterocycles. The lowest BCUT2D eigenvalue weighted by molar-refractivity contribution is -0.138. The van der Waals surface area contributed by atoms with E-state index in [1.54, 1.807) is 6.07 Å². The van der Waals surface area contributed by atoms with Crippen LogP contribution in [0, 0.1) is 5.82 Å². The van der Waals surface area contributed by atoms with Gasteiger partial charge in [0.1, 0.15) is 17.6 Å². The zero-order chi connectivity index (χ0) is 13.2. The standard InChI is InChI=1S/C11H16FNO3Si/c1-17(2,3)16-7-4-5-8(9(12)6-7)10(13)11(14)15/h4-6,10H,13H2,1-3H3,(H,14,15). The maximum atomic E-state index is 13.6. The molecule has 4 nitrogen and oxygen atoms in total. The smallest absolute Gasteiger partial charge is 0.325 e. The molecule has 0 saturated heterocycles. The van der Waals surface area contributed by atoms with Crippen molar-refractivity contribution in [3.63, 3.8) is 0 Å². The minimum Gasteiger partial charge on any atom is -0.544 e. The van der Waals surface area contributed by atoms with E-state index in [-0.39, 0.29) is 5.56 Å². The van der Waals surface area contributed by atoms with Crippen LogP contribution in [-0.4, -0.2) is 19.4 Å². The minimum absolute atomic E-state index is 0.0413. The lowest BCUT2D eigenvalue weighted by Gasteiger charge is -2.19. The fourth-order valence-electron chi connectivity index (χ4n) is 1.31. The Bertz CT molecular complexity index is 431. The predicted octanol–water partition coefficient (Wildman–Crippen LogP) is 2.12. The Labute approximate surface area is 100 Å². The lowest BCUT2D eigenvalue weighted by atomic mass is 10.1. The summed E-state index contributed by atoms with van der Waals surface area (Å²) >= 11 is 0. The number of halogens is 1. The van der Waals surface area contributed by atoms with Gasteiger partial charge in [-0.1, -0.05) is 6.07 Å². The molecule has 1 unspecified atom stereocenters. The second-order valence-corrected chi connectivity index (χ2v) is 9.14. The summed E-state index contributed by atoms with van der Waals surface area (Å²) in [4.78, 5) is 10.6. The fraction of sp³-hybridized carbons (Fsp3) is 0.364. The van der Waals surface area contributed by atoms with Crippen LogP contribution in [0.2, 0.25) is 19.6 Å². The van der Waals surface area contributed by atoms with E-state index in [9.17, 15) is 9.18 Å². The van der Waals surface area contributed by atoms with Crippen LogP contribution in [0.15, 0.2) is 18.2 Å². The summed E-state index contributed by atoms with van der Waals surface area (Å²) in [5.74, 6) is -1.51. The van der Waals surface area contributed by atoms with Crippen molar-refractivity contribution in [1.82, 2.24) is 0 Å². The number of carboxylic acids is 1. The molecule has 0 bridgehead atoms. The molecule has 1 aromatic rings. The van der Waals surface area contributed by atoms with Gasteiger partial charge in [0.05, 0.1) is 0 Å². The van der Waals surface area contributed by atoms with Crippen molar-refractivity contribution >= 4 is 14.3 Å². The largest absolute Gasteiger partial charge is 0.544 e. The molecule has 0 heterocycles. The predicted molar refractivity (Wildman–Crippen MR) is 64.9 cm³/mol. The summed E-state index contributed by atoms with van der Waals surface area (Å²) in [6, 6.07) is 2.72. The SMILES string of the molecule is C[Si](C)(C)Oc1ccc(C(N)C(=O)O)c(F)c1. The van der Waals surface area contributed by atoms with Gasteiger partial charge in [-0.3, -0.25) is 4.79 Å². The van der Waals surface area contributed by atoms with Gasteiger partial charge in [0.25, 0.3) is 0 Å². The van der Waals surface area contributed by atoms with Crippen molar-refractivity contribution in [1.29, 1.82) is 0 Å². The summed E-state index contributed by atoms with van der Waals surface area (Å²) in [5.41, 5.74) is 5.30. The van der Waals surface area contributed by atoms with Gasteiger partial charge in [-0.05, 0) is 25.7 Å².